The van der Waals surface area contributed by atoms with E-state index in [1.54, 1.807) is 46.2 Å². The van der Waals surface area contributed by atoms with Gasteiger partial charge in [0, 0.05) is 68.9 Å². The molecule has 2 unspecified atom stereocenters. The van der Waals surface area contributed by atoms with Crippen LogP contribution in [0.15, 0.2) is 406 Å². The topological polar surface area (TPSA) is 38.1 Å². The third-order valence-electron chi connectivity index (χ3n) is 24.7. The van der Waals surface area contributed by atoms with Crippen molar-refractivity contribution >= 4 is 68.2 Å². The number of hydrogen-bond donors (Lipinski definition) is 0. The summed E-state index contributed by atoms with van der Waals surface area (Å²) >= 11 is 0. The first-order valence-electron chi connectivity index (χ1n) is 41.4. The van der Waals surface area contributed by atoms with Gasteiger partial charge in [0.25, 0.3) is 0 Å². The number of furan rings is 1. The Hall–Kier alpha value is -16.1. The van der Waals surface area contributed by atoms with Gasteiger partial charge in [-0.2, -0.15) is 0 Å². The van der Waals surface area contributed by atoms with Crippen LogP contribution >= 0.6 is 0 Å². The minimum Gasteiger partial charge on any atom is -0.457 e. The molecule has 2 aliphatic carbocycles. The molecule has 0 bridgehead atoms. The molecular weight excluding hydrogens is 1600 g/mol. The summed E-state index contributed by atoms with van der Waals surface area (Å²) in [7, 11) is 0. The number of anilines is 6. The summed E-state index contributed by atoms with van der Waals surface area (Å²) in [5, 5.41) is 1.28. The highest BCUT2D eigenvalue weighted by Crippen LogP contribution is 2.60. The fourth-order valence-corrected chi connectivity index (χ4v) is 18.7. The Morgan fingerprint density at radius 1 is 0.244 bits per heavy atom. The van der Waals surface area contributed by atoms with E-state index < -0.39 is 45.7 Å². The lowest BCUT2D eigenvalue weighted by Gasteiger charge is -2.34. The van der Waals surface area contributed by atoms with E-state index in [0.29, 0.717) is 67.7 Å². The van der Waals surface area contributed by atoms with E-state index in [1.807, 2.05) is 182 Å². The zero-order chi connectivity index (χ0) is 86.3. The van der Waals surface area contributed by atoms with Crippen molar-refractivity contribution in [3.05, 3.63) is 504 Å². The highest BCUT2D eigenvalue weighted by Gasteiger charge is 2.48. The summed E-state index contributed by atoms with van der Waals surface area (Å²) in [6.45, 7) is 7.76. The molecule has 1 aromatic heterocycles. The van der Waals surface area contributed by atoms with Crippen molar-refractivity contribution < 1.29 is 49.0 Å². The van der Waals surface area contributed by atoms with Crippen LogP contribution in [-0.2, 0) is 10.8 Å². The Labute approximate surface area is 726 Å². The van der Waals surface area contributed by atoms with E-state index in [9.17, 15) is 8.78 Å². The summed E-state index contributed by atoms with van der Waals surface area (Å²) in [5.74, 6) is -2.41. The Bertz CT molecular complexity index is 7080. The molecule has 13 heteroatoms. The van der Waals surface area contributed by atoms with E-state index in [0.717, 1.165) is 124 Å². The van der Waals surface area contributed by atoms with E-state index >= 15 is 26.3 Å². The summed E-state index contributed by atoms with van der Waals surface area (Å²) in [6, 6.07) is 114. The lowest BCUT2D eigenvalue weighted by atomic mass is 9.67. The molecule has 1 heterocycles. The van der Waals surface area contributed by atoms with Crippen LogP contribution < -0.4 is 19.3 Å². The predicted molar refractivity (Wildman–Crippen MR) is 492 cm³/mol. The molecule has 21 rings (SSSR count). The van der Waals surface area contributed by atoms with Crippen molar-refractivity contribution in [2.45, 2.75) is 10.8 Å². The van der Waals surface area contributed by atoms with E-state index in [-0.39, 0.29) is 45.3 Å². The fraction of sp³-hybridized carbons (Fsp3) is 0.0175. The number of halogens is 8. The first kappa shape index (κ1) is 78.2. The monoisotopic (exact) mass is 1670 g/mol. The smallest absolute Gasteiger partial charge is 0.148 e. The second-order valence-corrected chi connectivity index (χ2v) is 31.7. The number of nitrogens with zero attached hydrogens (tertiary/aromatic N) is 2. The zero-order valence-electron chi connectivity index (χ0n) is 67.7. The molecule has 0 saturated heterocycles. The molecule has 0 radical (unpaired) electrons. The van der Waals surface area contributed by atoms with Gasteiger partial charge in [-0.1, -0.05) is 219 Å². The van der Waals surface area contributed by atoms with E-state index in [1.165, 1.54) is 72.8 Å². The Morgan fingerprint density at radius 3 is 0.898 bits per heavy atom. The molecule has 127 heavy (non-hydrogen) atoms. The standard InChI is InChI=1S/C114H70F8N2O3/c1-3-69-13-49-89(50-14-69)125-91-53-31-79(32-54-91)113(77-27-39-83(117)40-28-77)101-11-7-5-9-93(101)95-57-25-75(61-103(95)113)71-21-43-85(44-22-71)123(109-67-105(119)99(65-107(109)121)73-17-35-81(115)36-18-73)87-47-59-97-98-60-48-88(64-112(98)127-111(97)63-87)124(110-68-106(120)100(66-108(110)122)74-19-37-82(116)38-20-74)86-45-23-72(24-46-86)76-26-58-96-94-10-6-8-12-102(94)114(104(96)62-76,78-29-41-84(118)42-30-78)80-33-55-92(56-34-80)126-90-51-15-70(4-2)16-52-90/h3-68H,1-2H2. The molecule has 19 aromatic rings. The van der Waals surface area contributed by atoms with Gasteiger partial charge in [-0.3, -0.25) is 0 Å². The zero-order valence-corrected chi connectivity index (χ0v) is 67.7. The first-order valence-corrected chi connectivity index (χ1v) is 41.4. The van der Waals surface area contributed by atoms with Crippen LogP contribution in [-0.4, -0.2) is 0 Å². The average Bonchev–Trinajstić information content (AvgIpc) is 1.54. The van der Waals surface area contributed by atoms with Crippen LogP contribution in [0.2, 0.25) is 0 Å². The molecule has 2 atom stereocenters. The normalized spacial score (nSPS) is 14.1. The number of hydrogen-bond acceptors (Lipinski definition) is 5. The third-order valence-corrected chi connectivity index (χ3v) is 24.7. The molecule has 18 aromatic carbocycles. The Kier molecular flexibility index (Phi) is 19.5. The molecule has 610 valence electrons. The quantitative estimate of drug-likeness (QED) is 0.0711. The van der Waals surface area contributed by atoms with Crippen molar-refractivity contribution in [3.8, 4) is 89.8 Å². The molecule has 5 nitrogen and oxygen atoms in total. The number of rotatable bonds is 20. The molecule has 0 aliphatic heterocycles. The second-order valence-electron chi connectivity index (χ2n) is 31.7. The predicted octanol–water partition coefficient (Wildman–Crippen LogP) is 31.9. The highest BCUT2D eigenvalue weighted by molar-refractivity contribution is 6.08. The minimum absolute atomic E-state index is 0.0829. The van der Waals surface area contributed by atoms with Gasteiger partial charge in [0.05, 0.1) is 22.2 Å². The van der Waals surface area contributed by atoms with Crippen LogP contribution in [0.25, 0.3) is 101 Å². The second kappa shape index (κ2) is 31.6. The van der Waals surface area contributed by atoms with Crippen LogP contribution in [0.3, 0.4) is 0 Å². The fourth-order valence-electron chi connectivity index (χ4n) is 18.7. The maximum Gasteiger partial charge on any atom is 0.148 e. The van der Waals surface area contributed by atoms with Crippen molar-refractivity contribution in [2.75, 3.05) is 9.80 Å². The molecule has 0 spiro atoms. The number of benzene rings is 18. The molecule has 2 aliphatic rings. The highest BCUT2D eigenvalue weighted by atomic mass is 19.2. The molecule has 0 saturated carbocycles. The maximum absolute atomic E-state index is 17.6. The first-order chi connectivity index (χ1) is 62.0. The van der Waals surface area contributed by atoms with Crippen LogP contribution in [0, 0.1) is 46.5 Å². The van der Waals surface area contributed by atoms with Crippen LogP contribution in [0.5, 0.6) is 23.0 Å². The maximum atomic E-state index is 17.6. The Balaban J connectivity index is 0.656. The molecule has 0 fully saturated rings. The minimum atomic E-state index is -0.946. The van der Waals surface area contributed by atoms with Gasteiger partial charge < -0.3 is 23.7 Å². The SMILES string of the molecule is C=Cc1ccc(Oc2ccc(C3(c4ccc(F)cc4)c4ccccc4-c4ccc(-c5ccc(N(c6ccc7c(c6)oc6cc(N(c8ccc(-c9ccc%10c(c9)C(c9ccc(F)cc9)(c9ccc(Oc%11ccc(C=C)cc%11)cc9)c9ccccc9-%10)cc8)c8cc(F)c(-c9ccc(F)cc9)cc8F)ccc67)c6cc(F)c(-c7ccc(F)cc7)cc6F)cc5)cc43)cc2)cc1. The Morgan fingerprint density at radius 2 is 0.543 bits per heavy atom. The van der Waals surface area contributed by atoms with Gasteiger partial charge in [-0.05, 0) is 281 Å². The van der Waals surface area contributed by atoms with Gasteiger partial charge in [0.15, 0.2) is 0 Å². The lowest BCUT2D eigenvalue weighted by Crippen LogP contribution is -2.28. The molecule has 0 amide bonds. The van der Waals surface area contributed by atoms with Crippen molar-refractivity contribution in [3.63, 3.8) is 0 Å². The summed E-state index contributed by atoms with van der Waals surface area (Å²) in [4.78, 5) is 3.19. The third kappa shape index (κ3) is 13.7. The lowest BCUT2D eigenvalue weighted by molar-refractivity contribution is 0.482. The van der Waals surface area contributed by atoms with Gasteiger partial charge >= 0.3 is 0 Å². The van der Waals surface area contributed by atoms with Crippen molar-refractivity contribution in [2.24, 2.45) is 0 Å². The van der Waals surface area contributed by atoms with E-state index in [4.69, 9.17) is 13.9 Å². The average molecular weight is 1670 g/mol. The van der Waals surface area contributed by atoms with Crippen molar-refractivity contribution in [1.82, 2.24) is 0 Å². The summed E-state index contributed by atoms with van der Waals surface area (Å²) in [6.07, 6.45) is 3.54. The van der Waals surface area contributed by atoms with Gasteiger partial charge in [0.2, 0.25) is 0 Å². The van der Waals surface area contributed by atoms with Gasteiger partial charge in [0.1, 0.15) is 80.7 Å². The molecular formula is C114H70F8N2O3. The molecule has 0 N–H and O–H groups in total. The van der Waals surface area contributed by atoms with Crippen LogP contribution in [0.1, 0.15) is 55.6 Å². The van der Waals surface area contributed by atoms with Gasteiger partial charge in [-0.25, -0.2) is 35.1 Å². The van der Waals surface area contributed by atoms with Gasteiger partial charge in [-0.15, -0.1) is 0 Å². The summed E-state index contributed by atoms with van der Waals surface area (Å²) < 4.78 is 148. The summed E-state index contributed by atoms with van der Waals surface area (Å²) in [5.41, 5.74) is 17.0. The number of fused-ring (bicyclic) bond motifs is 9. The number of ether oxygens (including phenoxy) is 2. The largest absolute Gasteiger partial charge is 0.457 e. The van der Waals surface area contributed by atoms with E-state index in [2.05, 4.69) is 98.1 Å². The van der Waals surface area contributed by atoms with Crippen molar-refractivity contribution in [1.29, 1.82) is 0 Å². The van der Waals surface area contributed by atoms with Crippen LogP contribution in [0.4, 0.5) is 69.2 Å².